The van der Waals surface area contributed by atoms with Gasteiger partial charge < -0.3 is 5.73 Å². The molecule has 1 aromatic rings. The maximum Gasteiger partial charge on any atom is 0.0175 e. The van der Waals surface area contributed by atoms with Crippen LogP contribution in [0.1, 0.15) is 16.7 Å². The molecule has 13 heavy (non-hydrogen) atoms. The minimum Gasteiger partial charge on any atom is -0.327 e. The molecule has 1 atom stereocenters. The van der Waals surface area contributed by atoms with Crippen LogP contribution in [0.4, 0.5) is 0 Å². The second-order valence-corrected chi connectivity index (χ2v) is 4.88. The molecule has 0 amide bonds. The van der Waals surface area contributed by atoms with Crippen LogP contribution in [-0.4, -0.2) is 11.8 Å². The zero-order chi connectivity index (χ0) is 9.42. The van der Waals surface area contributed by atoms with E-state index in [0.717, 1.165) is 12.2 Å². The summed E-state index contributed by atoms with van der Waals surface area (Å²) in [5.74, 6) is 1.07. The number of fused-ring (bicyclic) bond motifs is 1. The van der Waals surface area contributed by atoms with Gasteiger partial charge in [0, 0.05) is 16.7 Å². The Morgan fingerprint density at radius 3 is 2.92 bits per heavy atom. The summed E-state index contributed by atoms with van der Waals surface area (Å²) in [6.45, 7) is 4.34. The van der Waals surface area contributed by atoms with E-state index in [2.05, 4.69) is 26.0 Å². The van der Waals surface area contributed by atoms with Crippen LogP contribution in [0.3, 0.4) is 0 Å². The predicted molar refractivity (Wildman–Crippen MR) is 58.3 cm³/mol. The summed E-state index contributed by atoms with van der Waals surface area (Å²) in [6, 6.07) is 4.87. The quantitative estimate of drug-likeness (QED) is 0.684. The zero-order valence-electron chi connectivity index (χ0n) is 8.13. The van der Waals surface area contributed by atoms with Crippen LogP contribution in [0.2, 0.25) is 0 Å². The van der Waals surface area contributed by atoms with Gasteiger partial charge in [0.15, 0.2) is 0 Å². The van der Waals surface area contributed by atoms with Crippen LogP contribution < -0.4 is 5.73 Å². The van der Waals surface area contributed by atoms with E-state index in [4.69, 9.17) is 5.73 Å². The summed E-state index contributed by atoms with van der Waals surface area (Å²) in [5.41, 5.74) is 10.1. The van der Waals surface area contributed by atoms with Gasteiger partial charge in [0.05, 0.1) is 0 Å². The second kappa shape index (κ2) is 3.35. The molecule has 1 unspecified atom stereocenters. The molecule has 1 nitrogen and oxygen atoms in total. The fourth-order valence-electron chi connectivity index (χ4n) is 1.93. The van der Waals surface area contributed by atoms with Crippen molar-refractivity contribution in [2.24, 2.45) is 5.73 Å². The Hall–Kier alpha value is -0.470. The first-order valence-electron chi connectivity index (χ1n) is 4.65. The molecule has 0 spiro atoms. The first-order valence-corrected chi connectivity index (χ1v) is 5.64. The number of benzene rings is 1. The molecule has 1 aliphatic rings. The van der Waals surface area contributed by atoms with E-state index in [-0.39, 0.29) is 0 Å². The third-order valence-corrected chi connectivity index (χ3v) is 3.89. The third-order valence-electron chi connectivity index (χ3n) is 2.42. The molecular weight excluding hydrogens is 178 g/mol. The second-order valence-electron chi connectivity index (χ2n) is 3.85. The highest BCUT2D eigenvalue weighted by molar-refractivity contribution is 7.99. The molecule has 0 aromatic heterocycles. The molecular formula is C11H15NS. The van der Waals surface area contributed by atoms with Gasteiger partial charge >= 0.3 is 0 Å². The largest absolute Gasteiger partial charge is 0.327 e. The zero-order valence-corrected chi connectivity index (χ0v) is 8.95. The molecule has 0 fully saturated rings. The first kappa shape index (κ1) is 9.10. The van der Waals surface area contributed by atoms with Crippen molar-refractivity contribution in [1.29, 1.82) is 0 Å². The van der Waals surface area contributed by atoms with Gasteiger partial charge in [-0.3, -0.25) is 0 Å². The highest BCUT2D eigenvalue weighted by atomic mass is 32.2. The first-order chi connectivity index (χ1) is 6.16. The van der Waals surface area contributed by atoms with Crippen molar-refractivity contribution in [3.63, 3.8) is 0 Å². The number of nitrogens with two attached hydrogens (primary N) is 1. The van der Waals surface area contributed by atoms with Crippen molar-refractivity contribution in [3.8, 4) is 0 Å². The van der Waals surface area contributed by atoms with Crippen LogP contribution in [0.25, 0.3) is 0 Å². The van der Waals surface area contributed by atoms with Gasteiger partial charge in [0.2, 0.25) is 0 Å². The van der Waals surface area contributed by atoms with Crippen molar-refractivity contribution in [3.05, 3.63) is 28.8 Å². The lowest BCUT2D eigenvalue weighted by Gasteiger charge is -2.22. The Bertz CT molecular complexity index is 333. The molecule has 2 heteroatoms. The molecule has 0 saturated carbocycles. The summed E-state index contributed by atoms with van der Waals surface area (Å²) >= 11 is 1.91. The fourth-order valence-corrected chi connectivity index (χ4v) is 3.05. The van der Waals surface area contributed by atoms with Gasteiger partial charge in [0.25, 0.3) is 0 Å². The minimum absolute atomic E-state index is 0.346. The van der Waals surface area contributed by atoms with Gasteiger partial charge in [0.1, 0.15) is 0 Å². The normalized spacial score (nSPS) is 21.3. The maximum atomic E-state index is 5.93. The SMILES string of the molecule is Cc1cc(C)c2c(c1)CC(N)CS2. The Labute approximate surface area is 83.7 Å². The summed E-state index contributed by atoms with van der Waals surface area (Å²) in [5, 5.41) is 0. The van der Waals surface area contributed by atoms with Gasteiger partial charge in [-0.25, -0.2) is 0 Å². The summed E-state index contributed by atoms with van der Waals surface area (Å²) < 4.78 is 0. The minimum atomic E-state index is 0.346. The van der Waals surface area contributed by atoms with Gasteiger partial charge in [-0.15, -0.1) is 11.8 Å². The van der Waals surface area contributed by atoms with E-state index < -0.39 is 0 Å². The monoisotopic (exact) mass is 193 g/mol. The Morgan fingerprint density at radius 2 is 2.15 bits per heavy atom. The Morgan fingerprint density at radius 1 is 1.38 bits per heavy atom. The van der Waals surface area contributed by atoms with Crippen LogP contribution in [0, 0.1) is 13.8 Å². The van der Waals surface area contributed by atoms with Crippen LogP contribution >= 0.6 is 11.8 Å². The Balaban J connectivity index is 2.47. The molecule has 0 radical (unpaired) electrons. The Kier molecular flexibility index (Phi) is 2.35. The standard InChI is InChI=1S/C11H15NS/c1-7-3-8(2)11-9(4-7)5-10(12)6-13-11/h3-4,10H,5-6,12H2,1-2H3. The molecule has 1 aromatic carbocycles. The lowest BCUT2D eigenvalue weighted by atomic mass is 10.0. The number of hydrogen-bond donors (Lipinski definition) is 1. The third kappa shape index (κ3) is 1.74. The molecule has 0 bridgehead atoms. The smallest absolute Gasteiger partial charge is 0.0175 e. The summed E-state index contributed by atoms with van der Waals surface area (Å²) in [4.78, 5) is 1.47. The molecule has 1 heterocycles. The van der Waals surface area contributed by atoms with E-state index in [1.807, 2.05) is 11.8 Å². The molecule has 2 rings (SSSR count). The number of thioether (sulfide) groups is 1. The molecule has 1 aliphatic heterocycles. The van der Waals surface area contributed by atoms with Crippen molar-refractivity contribution in [2.75, 3.05) is 5.75 Å². The molecule has 0 saturated heterocycles. The molecule has 0 aliphatic carbocycles. The van der Waals surface area contributed by atoms with E-state index in [1.165, 1.54) is 21.6 Å². The van der Waals surface area contributed by atoms with Crippen LogP contribution in [-0.2, 0) is 6.42 Å². The highest BCUT2D eigenvalue weighted by Crippen LogP contribution is 2.33. The lowest BCUT2D eigenvalue weighted by molar-refractivity contribution is 0.724. The van der Waals surface area contributed by atoms with Crippen molar-refractivity contribution >= 4 is 11.8 Å². The fraction of sp³-hybridized carbons (Fsp3) is 0.455. The molecule has 70 valence electrons. The lowest BCUT2D eigenvalue weighted by Crippen LogP contribution is -2.28. The highest BCUT2D eigenvalue weighted by Gasteiger charge is 2.17. The van der Waals surface area contributed by atoms with Crippen molar-refractivity contribution in [2.45, 2.75) is 31.2 Å². The topological polar surface area (TPSA) is 26.0 Å². The van der Waals surface area contributed by atoms with E-state index >= 15 is 0 Å². The van der Waals surface area contributed by atoms with Crippen molar-refractivity contribution < 1.29 is 0 Å². The molecule has 2 N–H and O–H groups in total. The average Bonchev–Trinajstić information content (AvgIpc) is 2.02. The van der Waals surface area contributed by atoms with Gasteiger partial charge in [-0.05, 0) is 31.4 Å². The van der Waals surface area contributed by atoms with Crippen LogP contribution in [0.15, 0.2) is 17.0 Å². The maximum absolute atomic E-state index is 5.93. The van der Waals surface area contributed by atoms with E-state index in [9.17, 15) is 0 Å². The van der Waals surface area contributed by atoms with Gasteiger partial charge in [-0.2, -0.15) is 0 Å². The predicted octanol–water partition coefficient (Wildman–Crippen LogP) is 2.28. The number of aryl methyl sites for hydroxylation is 2. The van der Waals surface area contributed by atoms with Crippen molar-refractivity contribution in [1.82, 2.24) is 0 Å². The van der Waals surface area contributed by atoms with Gasteiger partial charge in [-0.1, -0.05) is 17.7 Å². The number of hydrogen-bond acceptors (Lipinski definition) is 2. The van der Waals surface area contributed by atoms with E-state index in [1.54, 1.807) is 0 Å². The summed E-state index contributed by atoms with van der Waals surface area (Å²) in [7, 11) is 0. The van der Waals surface area contributed by atoms with Crippen LogP contribution in [0.5, 0.6) is 0 Å². The average molecular weight is 193 g/mol. The summed E-state index contributed by atoms with van der Waals surface area (Å²) in [6.07, 6.45) is 1.05. The van der Waals surface area contributed by atoms with E-state index in [0.29, 0.717) is 6.04 Å². The number of rotatable bonds is 0.